The molecule has 2 aromatic rings. The summed E-state index contributed by atoms with van der Waals surface area (Å²) in [7, 11) is 0. The second kappa shape index (κ2) is 5.49. The molecule has 1 amide bonds. The fraction of sp³-hybridized carbons (Fsp3) is 0.250. The van der Waals surface area contributed by atoms with Gasteiger partial charge >= 0.3 is 0 Å². The van der Waals surface area contributed by atoms with Crippen LogP contribution in [0.25, 0.3) is 11.4 Å². The first-order valence-electron chi connectivity index (χ1n) is 6.16. The van der Waals surface area contributed by atoms with Crippen LogP contribution in [0.3, 0.4) is 0 Å². The third kappa shape index (κ3) is 2.70. The van der Waals surface area contributed by atoms with Crippen molar-refractivity contribution in [3.63, 3.8) is 0 Å². The predicted molar refractivity (Wildman–Crippen MR) is 75.8 cm³/mol. The molecule has 9 heteroatoms. The Morgan fingerprint density at radius 3 is 3.05 bits per heavy atom. The first-order valence-corrected chi connectivity index (χ1v) is 6.53. The number of rotatable bonds is 3. The molecule has 1 unspecified atom stereocenters. The van der Waals surface area contributed by atoms with Gasteiger partial charge in [-0.25, -0.2) is 0 Å². The number of oxime groups is 1. The molecule has 1 atom stereocenters. The van der Waals surface area contributed by atoms with Gasteiger partial charge in [0, 0.05) is 10.6 Å². The number of aromatic amines is 1. The van der Waals surface area contributed by atoms with E-state index in [0.717, 1.165) is 0 Å². The number of carbonyl (C=O) groups excluding carboxylic acids is 1. The van der Waals surface area contributed by atoms with Gasteiger partial charge in [-0.2, -0.15) is 5.21 Å². The molecule has 0 spiro atoms. The second-order valence-electron chi connectivity index (χ2n) is 4.50. The molecule has 0 saturated heterocycles. The summed E-state index contributed by atoms with van der Waals surface area (Å²) in [5.41, 5.74) is 1.76. The van der Waals surface area contributed by atoms with Crippen LogP contribution >= 0.6 is 11.6 Å². The molecule has 108 valence electrons. The molecule has 1 aliphatic heterocycles. The number of tetrazole rings is 1. The lowest BCUT2D eigenvalue weighted by molar-refractivity contribution is -0.118. The van der Waals surface area contributed by atoms with Crippen molar-refractivity contribution in [1.29, 1.82) is 0 Å². The molecule has 3 rings (SSSR count). The minimum absolute atomic E-state index is 0.222. The number of carbonyl (C=O) groups is 1. The molecular weight excluding hydrogens is 296 g/mol. The Morgan fingerprint density at radius 1 is 1.52 bits per heavy atom. The summed E-state index contributed by atoms with van der Waals surface area (Å²) in [6.45, 7) is 1.98. The first kappa shape index (κ1) is 13.5. The van der Waals surface area contributed by atoms with Crippen molar-refractivity contribution in [2.24, 2.45) is 11.1 Å². The Hall–Kier alpha value is -2.48. The first-order chi connectivity index (χ1) is 10.1. The van der Waals surface area contributed by atoms with Crippen LogP contribution < -0.4 is 5.32 Å². The molecule has 1 aromatic carbocycles. The zero-order valence-corrected chi connectivity index (χ0v) is 11.8. The fourth-order valence-corrected chi connectivity index (χ4v) is 2.15. The molecule has 2 heterocycles. The van der Waals surface area contributed by atoms with Crippen molar-refractivity contribution in [2.45, 2.75) is 6.92 Å². The Labute approximate surface area is 124 Å². The van der Waals surface area contributed by atoms with Gasteiger partial charge < -0.3 is 10.2 Å². The lowest BCUT2D eigenvalue weighted by Gasteiger charge is -2.12. The van der Waals surface area contributed by atoms with Crippen LogP contribution in [0.1, 0.15) is 6.92 Å². The highest BCUT2D eigenvalue weighted by molar-refractivity contribution is 6.31. The Bertz CT molecular complexity index is 700. The van der Waals surface area contributed by atoms with E-state index >= 15 is 0 Å². The molecular formula is C12H11ClN6O2. The topological polar surface area (TPSA) is 105 Å². The van der Waals surface area contributed by atoms with Crippen LogP contribution in [0.15, 0.2) is 23.4 Å². The lowest BCUT2D eigenvalue weighted by atomic mass is 10.0. The SMILES string of the molecule is CC1=NOCC1C(=O)Nc1cc(Cl)ccc1-c1nn[nH]n1. The van der Waals surface area contributed by atoms with E-state index < -0.39 is 5.92 Å². The third-order valence-electron chi connectivity index (χ3n) is 3.10. The van der Waals surface area contributed by atoms with Gasteiger partial charge in [-0.05, 0) is 30.3 Å². The van der Waals surface area contributed by atoms with E-state index in [-0.39, 0.29) is 12.5 Å². The molecule has 0 fully saturated rings. The van der Waals surface area contributed by atoms with Gasteiger partial charge in [0.15, 0.2) is 0 Å². The number of nitrogens with one attached hydrogen (secondary N) is 2. The van der Waals surface area contributed by atoms with Gasteiger partial charge in [0.1, 0.15) is 12.5 Å². The fourth-order valence-electron chi connectivity index (χ4n) is 1.97. The smallest absolute Gasteiger partial charge is 0.236 e. The maximum absolute atomic E-state index is 12.3. The highest BCUT2D eigenvalue weighted by Gasteiger charge is 2.28. The number of benzene rings is 1. The average Bonchev–Trinajstić information content (AvgIpc) is 3.10. The summed E-state index contributed by atoms with van der Waals surface area (Å²) in [6, 6.07) is 5.04. The molecule has 0 aliphatic carbocycles. The maximum atomic E-state index is 12.3. The Balaban J connectivity index is 1.89. The third-order valence-corrected chi connectivity index (χ3v) is 3.33. The normalized spacial score (nSPS) is 17.2. The zero-order chi connectivity index (χ0) is 14.8. The van der Waals surface area contributed by atoms with Crippen molar-refractivity contribution >= 4 is 28.9 Å². The Morgan fingerprint density at radius 2 is 2.38 bits per heavy atom. The zero-order valence-electron chi connectivity index (χ0n) is 11.0. The number of H-pyrrole nitrogens is 1. The van der Waals surface area contributed by atoms with Crippen molar-refractivity contribution in [3.05, 3.63) is 23.2 Å². The van der Waals surface area contributed by atoms with E-state index in [4.69, 9.17) is 16.4 Å². The van der Waals surface area contributed by atoms with Crippen LogP contribution in [0, 0.1) is 5.92 Å². The van der Waals surface area contributed by atoms with Crippen LogP contribution in [0.5, 0.6) is 0 Å². The molecule has 0 radical (unpaired) electrons. The quantitative estimate of drug-likeness (QED) is 0.893. The average molecular weight is 307 g/mol. The molecule has 21 heavy (non-hydrogen) atoms. The van der Waals surface area contributed by atoms with Crippen molar-refractivity contribution in [2.75, 3.05) is 11.9 Å². The highest BCUT2D eigenvalue weighted by atomic mass is 35.5. The summed E-state index contributed by atoms with van der Waals surface area (Å²) < 4.78 is 0. The minimum Gasteiger partial charge on any atom is -0.395 e. The maximum Gasteiger partial charge on any atom is 0.236 e. The van der Waals surface area contributed by atoms with Crippen LogP contribution in [-0.4, -0.2) is 38.8 Å². The highest BCUT2D eigenvalue weighted by Crippen LogP contribution is 2.28. The predicted octanol–water partition coefficient (Wildman–Crippen LogP) is 1.48. The number of hydrogen-bond donors (Lipinski definition) is 2. The largest absolute Gasteiger partial charge is 0.395 e. The van der Waals surface area contributed by atoms with Gasteiger partial charge in [0.05, 0.1) is 11.4 Å². The van der Waals surface area contributed by atoms with Gasteiger partial charge in [-0.3, -0.25) is 4.79 Å². The summed E-state index contributed by atoms with van der Waals surface area (Å²) >= 11 is 5.99. The van der Waals surface area contributed by atoms with Crippen LogP contribution in [0.2, 0.25) is 5.02 Å². The Kier molecular flexibility index (Phi) is 3.53. The van der Waals surface area contributed by atoms with E-state index in [0.29, 0.717) is 27.8 Å². The number of aromatic nitrogens is 4. The van der Waals surface area contributed by atoms with Crippen molar-refractivity contribution in [3.8, 4) is 11.4 Å². The van der Waals surface area contributed by atoms with E-state index in [2.05, 4.69) is 31.1 Å². The number of amides is 1. The summed E-state index contributed by atoms with van der Waals surface area (Å²) in [4.78, 5) is 17.2. The van der Waals surface area contributed by atoms with Crippen LogP contribution in [-0.2, 0) is 9.63 Å². The van der Waals surface area contributed by atoms with Crippen molar-refractivity contribution < 1.29 is 9.63 Å². The number of nitrogens with zero attached hydrogens (tertiary/aromatic N) is 4. The van der Waals surface area contributed by atoms with Crippen molar-refractivity contribution in [1.82, 2.24) is 20.6 Å². The van der Waals surface area contributed by atoms with Gasteiger partial charge in [-0.15, -0.1) is 10.2 Å². The van der Waals surface area contributed by atoms with Gasteiger partial charge in [0.2, 0.25) is 11.7 Å². The molecule has 1 aromatic heterocycles. The van der Waals surface area contributed by atoms with Crippen LogP contribution in [0.4, 0.5) is 5.69 Å². The van der Waals surface area contributed by atoms with E-state index in [1.807, 2.05) is 0 Å². The molecule has 2 N–H and O–H groups in total. The monoisotopic (exact) mass is 306 g/mol. The summed E-state index contributed by atoms with van der Waals surface area (Å²) in [6.07, 6.45) is 0. The lowest BCUT2D eigenvalue weighted by Crippen LogP contribution is -2.28. The number of anilines is 1. The van der Waals surface area contributed by atoms with Gasteiger partial charge in [-0.1, -0.05) is 16.8 Å². The van der Waals surface area contributed by atoms with Gasteiger partial charge in [0.25, 0.3) is 0 Å². The molecule has 1 aliphatic rings. The van der Waals surface area contributed by atoms with E-state index in [9.17, 15) is 4.79 Å². The summed E-state index contributed by atoms with van der Waals surface area (Å²) in [5, 5.41) is 20.8. The minimum atomic E-state index is -0.415. The molecule has 0 saturated carbocycles. The molecule has 8 nitrogen and oxygen atoms in total. The number of hydrogen-bond acceptors (Lipinski definition) is 6. The number of halogens is 1. The standard InChI is InChI=1S/C12H11ClN6O2/c1-6-9(5-21-17-6)12(20)14-10-4-7(13)2-3-8(10)11-15-18-19-16-11/h2-4,9H,5H2,1H3,(H,14,20)(H,15,16,18,19). The summed E-state index contributed by atoms with van der Waals surface area (Å²) in [5.74, 6) is -0.266. The van der Waals surface area contributed by atoms with E-state index in [1.165, 1.54) is 0 Å². The molecule has 0 bridgehead atoms. The van der Waals surface area contributed by atoms with E-state index in [1.54, 1.807) is 25.1 Å². The second-order valence-corrected chi connectivity index (χ2v) is 4.93.